The summed E-state index contributed by atoms with van der Waals surface area (Å²) in [5.74, 6) is -0.257. The van der Waals surface area contributed by atoms with Crippen molar-refractivity contribution in [3.8, 4) is 0 Å². The molecule has 0 saturated carbocycles. The summed E-state index contributed by atoms with van der Waals surface area (Å²) in [4.78, 5) is 14.3. The molecule has 0 radical (unpaired) electrons. The van der Waals surface area contributed by atoms with Crippen LogP contribution in [-0.4, -0.2) is 40.5 Å². The van der Waals surface area contributed by atoms with Crippen molar-refractivity contribution >= 4 is 21.6 Å². The molecule has 0 spiro atoms. The van der Waals surface area contributed by atoms with Gasteiger partial charge in [-0.1, -0.05) is 6.92 Å². The van der Waals surface area contributed by atoms with Crippen molar-refractivity contribution in [2.45, 2.75) is 38.0 Å². The van der Waals surface area contributed by atoms with E-state index in [0.717, 1.165) is 25.9 Å². The number of anilines is 1. The largest absolute Gasteiger partial charge is 0.370 e. The van der Waals surface area contributed by atoms with E-state index in [2.05, 4.69) is 14.9 Å². The minimum Gasteiger partial charge on any atom is -0.370 e. The molecule has 1 aromatic carbocycles. The Kier molecular flexibility index (Phi) is 6.01. The second-order valence-corrected chi connectivity index (χ2v) is 7.37. The first-order valence-corrected chi connectivity index (χ1v) is 9.64. The number of rotatable bonds is 7. The van der Waals surface area contributed by atoms with Gasteiger partial charge in [-0.2, -0.15) is 0 Å². The highest BCUT2D eigenvalue weighted by Gasteiger charge is 2.24. The van der Waals surface area contributed by atoms with E-state index in [-0.39, 0.29) is 10.8 Å². The fraction of sp³-hybridized carbons (Fsp3) is 0.562. The van der Waals surface area contributed by atoms with E-state index in [9.17, 15) is 13.2 Å². The van der Waals surface area contributed by atoms with Gasteiger partial charge in [0.05, 0.1) is 5.69 Å². The molecule has 2 rings (SSSR count). The van der Waals surface area contributed by atoms with Gasteiger partial charge in [0, 0.05) is 31.7 Å². The van der Waals surface area contributed by atoms with Crippen LogP contribution in [0.5, 0.6) is 0 Å². The summed E-state index contributed by atoms with van der Waals surface area (Å²) in [7, 11) is -3.63. The quantitative estimate of drug-likeness (QED) is 0.793. The molecule has 0 unspecified atom stereocenters. The van der Waals surface area contributed by atoms with E-state index >= 15 is 0 Å². The van der Waals surface area contributed by atoms with E-state index < -0.39 is 10.0 Å². The summed E-state index contributed by atoms with van der Waals surface area (Å²) in [6, 6.07) is 4.92. The second-order valence-electron chi connectivity index (χ2n) is 5.63. The summed E-state index contributed by atoms with van der Waals surface area (Å²) < 4.78 is 27.9. The monoisotopic (exact) mass is 339 g/mol. The molecule has 0 aromatic heterocycles. The molecular weight excluding hydrogens is 314 g/mol. The molecule has 1 aliphatic rings. The van der Waals surface area contributed by atoms with E-state index in [1.54, 1.807) is 12.1 Å². The van der Waals surface area contributed by atoms with Crippen LogP contribution in [0.15, 0.2) is 23.1 Å². The van der Waals surface area contributed by atoms with Gasteiger partial charge in [-0.15, -0.1) is 0 Å². The van der Waals surface area contributed by atoms with Gasteiger partial charge in [-0.3, -0.25) is 4.79 Å². The smallest absolute Gasteiger partial charge is 0.251 e. The second kappa shape index (κ2) is 7.79. The molecule has 1 heterocycles. The van der Waals surface area contributed by atoms with Crippen molar-refractivity contribution in [2.75, 3.05) is 31.1 Å². The van der Waals surface area contributed by atoms with Crippen LogP contribution in [0.3, 0.4) is 0 Å². The summed E-state index contributed by atoms with van der Waals surface area (Å²) in [6.45, 7) is 6.32. The summed E-state index contributed by atoms with van der Waals surface area (Å²) in [5.41, 5.74) is 1.05. The van der Waals surface area contributed by atoms with Gasteiger partial charge in [0.1, 0.15) is 4.90 Å². The third kappa shape index (κ3) is 4.23. The number of nitrogens with one attached hydrogen (secondary N) is 2. The summed E-state index contributed by atoms with van der Waals surface area (Å²) in [6.07, 6.45) is 2.83. The van der Waals surface area contributed by atoms with Crippen LogP contribution in [0.2, 0.25) is 0 Å². The predicted octanol–water partition coefficient (Wildman–Crippen LogP) is 1.72. The van der Waals surface area contributed by atoms with Crippen molar-refractivity contribution in [1.29, 1.82) is 0 Å². The molecule has 0 bridgehead atoms. The van der Waals surface area contributed by atoms with Crippen molar-refractivity contribution in [2.24, 2.45) is 0 Å². The Hall–Kier alpha value is -1.60. The maximum absolute atomic E-state index is 12.6. The molecule has 6 nitrogen and oxygen atoms in total. The average Bonchev–Trinajstić information content (AvgIpc) is 3.07. The first-order chi connectivity index (χ1) is 11.0. The molecule has 7 heteroatoms. The first kappa shape index (κ1) is 17.7. The summed E-state index contributed by atoms with van der Waals surface area (Å²) >= 11 is 0. The van der Waals surface area contributed by atoms with Gasteiger partial charge in [0.25, 0.3) is 5.91 Å². The number of carbonyl (C=O) groups excluding carboxylic acids is 1. The van der Waals surface area contributed by atoms with Crippen LogP contribution in [0.1, 0.15) is 43.5 Å². The lowest BCUT2D eigenvalue weighted by Gasteiger charge is -2.22. The lowest BCUT2D eigenvalue weighted by atomic mass is 10.2. The molecule has 1 amide bonds. The Bertz CT molecular complexity index is 653. The molecule has 0 aliphatic carbocycles. The Morgan fingerprint density at radius 3 is 2.52 bits per heavy atom. The van der Waals surface area contributed by atoms with Crippen LogP contribution in [-0.2, 0) is 10.0 Å². The lowest BCUT2D eigenvalue weighted by Crippen LogP contribution is -2.29. The number of amides is 1. The van der Waals surface area contributed by atoms with Crippen molar-refractivity contribution in [1.82, 2.24) is 10.0 Å². The topological polar surface area (TPSA) is 78.5 Å². The molecule has 0 atom stereocenters. The molecule has 1 saturated heterocycles. The van der Waals surface area contributed by atoms with Crippen LogP contribution in [0, 0.1) is 0 Å². The predicted molar refractivity (Wildman–Crippen MR) is 91.4 cm³/mol. The Balaban J connectivity index is 2.44. The minimum absolute atomic E-state index is 0.191. The SMILES string of the molecule is CCCNS(=O)(=O)c1cc(C(=O)NCC)ccc1N1CCCC1. The van der Waals surface area contributed by atoms with Gasteiger partial charge in [-0.25, -0.2) is 13.1 Å². The van der Waals surface area contributed by atoms with E-state index in [1.807, 2.05) is 13.8 Å². The maximum atomic E-state index is 12.6. The zero-order chi connectivity index (χ0) is 16.9. The normalized spacial score (nSPS) is 15.0. The number of sulfonamides is 1. The Morgan fingerprint density at radius 2 is 1.91 bits per heavy atom. The average molecular weight is 339 g/mol. The lowest BCUT2D eigenvalue weighted by molar-refractivity contribution is 0.0955. The van der Waals surface area contributed by atoms with Crippen LogP contribution < -0.4 is 14.9 Å². The van der Waals surface area contributed by atoms with Crippen molar-refractivity contribution in [3.63, 3.8) is 0 Å². The standard InChI is InChI=1S/C16H25N3O3S/c1-3-9-18-23(21,22)15-12-13(16(20)17-4-2)7-8-14(15)19-10-5-6-11-19/h7-8,12,18H,3-6,9-11H2,1-2H3,(H,17,20). The Morgan fingerprint density at radius 1 is 1.22 bits per heavy atom. The Labute approximate surface area is 138 Å². The fourth-order valence-corrected chi connectivity index (χ4v) is 4.05. The molecule has 1 aliphatic heterocycles. The molecule has 1 aromatic rings. The molecule has 128 valence electrons. The van der Waals surface area contributed by atoms with Gasteiger partial charge in [0.2, 0.25) is 10.0 Å². The number of hydrogen-bond acceptors (Lipinski definition) is 4. The number of carbonyl (C=O) groups is 1. The van der Waals surface area contributed by atoms with E-state index in [1.165, 1.54) is 6.07 Å². The molecule has 1 fully saturated rings. The zero-order valence-corrected chi connectivity index (χ0v) is 14.6. The van der Waals surface area contributed by atoms with Gasteiger partial charge >= 0.3 is 0 Å². The molecule has 23 heavy (non-hydrogen) atoms. The highest BCUT2D eigenvalue weighted by atomic mass is 32.2. The van der Waals surface area contributed by atoms with Gasteiger partial charge < -0.3 is 10.2 Å². The number of nitrogens with zero attached hydrogens (tertiary/aromatic N) is 1. The van der Waals surface area contributed by atoms with Gasteiger partial charge in [-0.05, 0) is 44.4 Å². The third-order valence-corrected chi connectivity index (χ3v) is 5.33. The molecular formula is C16H25N3O3S. The van der Waals surface area contributed by atoms with E-state index in [0.29, 0.717) is 30.8 Å². The number of hydrogen-bond donors (Lipinski definition) is 2. The summed E-state index contributed by atoms with van der Waals surface area (Å²) in [5, 5.41) is 2.70. The third-order valence-electron chi connectivity index (χ3n) is 3.84. The van der Waals surface area contributed by atoms with Crippen LogP contribution in [0.25, 0.3) is 0 Å². The van der Waals surface area contributed by atoms with E-state index in [4.69, 9.17) is 0 Å². The van der Waals surface area contributed by atoms with Gasteiger partial charge in [0.15, 0.2) is 0 Å². The number of benzene rings is 1. The fourth-order valence-electron chi connectivity index (χ4n) is 2.67. The van der Waals surface area contributed by atoms with Crippen LogP contribution >= 0.6 is 0 Å². The highest BCUT2D eigenvalue weighted by molar-refractivity contribution is 7.89. The first-order valence-electron chi connectivity index (χ1n) is 8.16. The zero-order valence-electron chi connectivity index (χ0n) is 13.8. The highest BCUT2D eigenvalue weighted by Crippen LogP contribution is 2.29. The minimum atomic E-state index is -3.63. The molecule has 2 N–H and O–H groups in total. The van der Waals surface area contributed by atoms with Crippen LogP contribution in [0.4, 0.5) is 5.69 Å². The maximum Gasteiger partial charge on any atom is 0.251 e. The van der Waals surface area contributed by atoms with Crippen molar-refractivity contribution < 1.29 is 13.2 Å². The van der Waals surface area contributed by atoms with Crippen molar-refractivity contribution in [3.05, 3.63) is 23.8 Å².